The molecule has 0 radical (unpaired) electrons. The summed E-state index contributed by atoms with van der Waals surface area (Å²) >= 11 is 6.08. The normalized spacial score (nSPS) is 21.4. The zero-order valence-electron chi connectivity index (χ0n) is 14.9. The Morgan fingerprint density at radius 2 is 2.08 bits per heavy atom. The molecule has 7 nitrogen and oxygen atoms in total. The second-order valence-corrected chi connectivity index (χ2v) is 7.69. The highest BCUT2D eigenvalue weighted by molar-refractivity contribution is 6.29. The van der Waals surface area contributed by atoms with Crippen LogP contribution in [0.15, 0.2) is 18.6 Å². The van der Waals surface area contributed by atoms with Gasteiger partial charge in [0.25, 0.3) is 5.88 Å². The number of amides is 1. The molecule has 3 rings (SSSR count). The van der Waals surface area contributed by atoms with E-state index in [4.69, 9.17) is 21.1 Å². The highest BCUT2D eigenvalue weighted by Crippen LogP contribution is 2.25. The minimum Gasteiger partial charge on any atom is -0.470 e. The molecule has 2 atom stereocenters. The Hall–Kier alpha value is -2.02. The van der Waals surface area contributed by atoms with Crippen molar-refractivity contribution < 1.29 is 14.3 Å². The van der Waals surface area contributed by atoms with E-state index in [0.717, 1.165) is 12.8 Å². The van der Waals surface area contributed by atoms with Crippen LogP contribution in [0, 0.1) is 0 Å². The molecule has 1 saturated heterocycles. The Bertz CT molecular complexity index is 771. The number of aromatic nitrogens is 3. The van der Waals surface area contributed by atoms with Crippen molar-refractivity contribution in [1.29, 1.82) is 0 Å². The molecule has 2 aromatic rings. The number of likely N-dealkylation sites (tertiary alicyclic amines) is 1. The molecule has 0 unspecified atom stereocenters. The molecule has 0 saturated carbocycles. The summed E-state index contributed by atoms with van der Waals surface area (Å²) in [6.07, 6.45) is 6.09. The van der Waals surface area contributed by atoms with Crippen molar-refractivity contribution in [2.75, 3.05) is 6.54 Å². The predicted octanol–water partition coefficient (Wildman–Crippen LogP) is 3.55. The summed E-state index contributed by atoms with van der Waals surface area (Å²) in [7, 11) is 0. The Morgan fingerprint density at radius 3 is 2.80 bits per heavy atom. The number of carbonyl (C=O) groups is 1. The summed E-state index contributed by atoms with van der Waals surface area (Å²) in [6.45, 7) is 8.06. The topological polar surface area (TPSA) is 69.0 Å². The average Bonchev–Trinajstić information content (AvgIpc) is 2.90. The van der Waals surface area contributed by atoms with Crippen LogP contribution in [-0.4, -0.2) is 49.7 Å². The molecule has 1 aliphatic heterocycles. The Morgan fingerprint density at radius 1 is 1.32 bits per heavy atom. The molecule has 25 heavy (non-hydrogen) atoms. The van der Waals surface area contributed by atoms with Crippen LogP contribution in [-0.2, 0) is 4.74 Å². The summed E-state index contributed by atoms with van der Waals surface area (Å²) in [5, 5.41) is 0.495. The number of ether oxygens (including phenoxy) is 2. The standard InChI is InChI=1S/C17H23ClN4O3/c1-11-5-6-12(10-22(11)16(23)25-17(2,3)4)24-15-14-20-9-13(18)21(14)8-7-19-15/h7-9,11-12H,5-6,10H2,1-4H3/t11-,12-/m1/s1. The predicted molar refractivity (Wildman–Crippen MR) is 94.0 cm³/mol. The highest BCUT2D eigenvalue weighted by Gasteiger charge is 2.33. The van der Waals surface area contributed by atoms with E-state index in [2.05, 4.69) is 9.97 Å². The van der Waals surface area contributed by atoms with Crippen LogP contribution in [0.1, 0.15) is 40.5 Å². The molecule has 2 aromatic heterocycles. The van der Waals surface area contributed by atoms with E-state index < -0.39 is 5.60 Å². The molecule has 0 aliphatic carbocycles. The van der Waals surface area contributed by atoms with Gasteiger partial charge in [0.05, 0.1) is 12.7 Å². The van der Waals surface area contributed by atoms with Gasteiger partial charge < -0.3 is 14.4 Å². The van der Waals surface area contributed by atoms with Gasteiger partial charge in [-0.15, -0.1) is 0 Å². The fraction of sp³-hybridized carbons (Fsp3) is 0.588. The molecule has 0 aromatic carbocycles. The van der Waals surface area contributed by atoms with E-state index in [0.29, 0.717) is 23.2 Å². The monoisotopic (exact) mass is 366 g/mol. The number of piperidine rings is 1. The van der Waals surface area contributed by atoms with Crippen LogP contribution < -0.4 is 4.74 Å². The maximum Gasteiger partial charge on any atom is 0.410 e. The van der Waals surface area contributed by atoms with Gasteiger partial charge in [-0.3, -0.25) is 4.40 Å². The van der Waals surface area contributed by atoms with Gasteiger partial charge in [0.15, 0.2) is 0 Å². The summed E-state index contributed by atoms with van der Waals surface area (Å²) in [5.41, 5.74) is 0.0413. The quantitative estimate of drug-likeness (QED) is 0.812. The first-order valence-corrected chi connectivity index (χ1v) is 8.76. The van der Waals surface area contributed by atoms with Crippen LogP contribution in [0.3, 0.4) is 0 Å². The SMILES string of the molecule is C[C@@H]1CC[C@@H](Oc2nccn3c(Cl)cnc23)CN1C(=O)OC(C)(C)C. The lowest BCUT2D eigenvalue weighted by molar-refractivity contribution is -0.00581. The minimum atomic E-state index is -0.523. The number of imidazole rings is 1. The molecule has 3 heterocycles. The zero-order valence-corrected chi connectivity index (χ0v) is 15.7. The van der Waals surface area contributed by atoms with Crippen LogP contribution >= 0.6 is 11.6 Å². The Kier molecular flexibility index (Phi) is 4.77. The smallest absolute Gasteiger partial charge is 0.410 e. The maximum atomic E-state index is 12.4. The summed E-state index contributed by atoms with van der Waals surface area (Å²) < 4.78 is 13.2. The van der Waals surface area contributed by atoms with Crippen LogP contribution in [0.25, 0.3) is 5.65 Å². The molecule has 1 aliphatic rings. The Balaban J connectivity index is 1.74. The second-order valence-electron chi connectivity index (χ2n) is 7.31. The van der Waals surface area contributed by atoms with E-state index in [-0.39, 0.29) is 18.2 Å². The van der Waals surface area contributed by atoms with E-state index in [9.17, 15) is 4.79 Å². The van der Waals surface area contributed by atoms with Gasteiger partial charge in [-0.05, 0) is 40.5 Å². The number of rotatable bonds is 2. The third-order valence-electron chi connectivity index (χ3n) is 4.10. The molecule has 1 amide bonds. The van der Waals surface area contributed by atoms with Crippen molar-refractivity contribution in [3.05, 3.63) is 23.7 Å². The molecular weight excluding hydrogens is 344 g/mol. The van der Waals surface area contributed by atoms with E-state index >= 15 is 0 Å². The van der Waals surface area contributed by atoms with Crippen molar-refractivity contribution >= 4 is 23.3 Å². The minimum absolute atomic E-state index is 0.110. The van der Waals surface area contributed by atoms with Gasteiger partial charge >= 0.3 is 6.09 Å². The lowest BCUT2D eigenvalue weighted by atomic mass is 10.0. The first-order valence-electron chi connectivity index (χ1n) is 8.38. The number of hydrogen-bond donors (Lipinski definition) is 0. The van der Waals surface area contributed by atoms with E-state index in [1.807, 2.05) is 27.7 Å². The summed E-state index contributed by atoms with van der Waals surface area (Å²) in [6, 6.07) is 0.110. The molecule has 0 bridgehead atoms. The first-order chi connectivity index (χ1) is 11.7. The van der Waals surface area contributed by atoms with Crippen molar-refractivity contribution in [3.8, 4) is 5.88 Å². The van der Waals surface area contributed by atoms with Gasteiger partial charge in [0, 0.05) is 18.4 Å². The fourth-order valence-corrected chi connectivity index (χ4v) is 3.04. The number of carbonyl (C=O) groups excluding carboxylic acids is 1. The molecule has 0 N–H and O–H groups in total. The largest absolute Gasteiger partial charge is 0.470 e. The lowest BCUT2D eigenvalue weighted by Gasteiger charge is -2.38. The lowest BCUT2D eigenvalue weighted by Crippen LogP contribution is -2.50. The maximum absolute atomic E-state index is 12.4. The third-order valence-corrected chi connectivity index (χ3v) is 4.38. The van der Waals surface area contributed by atoms with Crippen molar-refractivity contribution in [1.82, 2.24) is 19.3 Å². The first kappa shape index (κ1) is 17.8. The highest BCUT2D eigenvalue weighted by atomic mass is 35.5. The molecule has 0 spiro atoms. The van der Waals surface area contributed by atoms with Crippen molar-refractivity contribution in [3.63, 3.8) is 0 Å². The number of nitrogens with zero attached hydrogens (tertiary/aromatic N) is 4. The average molecular weight is 367 g/mol. The van der Waals surface area contributed by atoms with Crippen LogP contribution in [0.4, 0.5) is 4.79 Å². The van der Waals surface area contributed by atoms with Gasteiger partial charge in [-0.2, -0.15) is 0 Å². The summed E-state index contributed by atoms with van der Waals surface area (Å²) in [5.74, 6) is 0.415. The number of hydrogen-bond acceptors (Lipinski definition) is 5. The molecular formula is C17H23ClN4O3. The van der Waals surface area contributed by atoms with Crippen LogP contribution in [0.5, 0.6) is 5.88 Å². The van der Waals surface area contributed by atoms with Gasteiger partial charge in [-0.1, -0.05) is 11.6 Å². The fourth-order valence-electron chi connectivity index (χ4n) is 2.85. The molecule has 136 valence electrons. The van der Waals surface area contributed by atoms with E-state index in [1.165, 1.54) is 0 Å². The Labute approximate surface area is 151 Å². The number of halogens is 1. The van der Waals surface area contributed by atoms with Crippen molar-refractivity contribution in [2.24, 2.45) is 0 Å². The van der Waals surface area contributed by atoms with Crippen molar-refractivity contribution in [2.45, 2.75) is 58.3 Å². The van der Waals surface area contributed by atoms with Gasteiger partial charge in [0.1, 0.15) is 16.9 Å². The van der Waals surface area contributed by atoms with E-state index in [1.54, 1.807) is 27.9 Å². The second kappa shape index (κ2) is 6.71. The third kappa shape index (κ3) is 3.98. The zero-order chi connectivity index (χ0) is 18.2. The molecule has 8 heteroatoms. The molecule has 1 fully saturated rings. The van der Waals surface area contributed by atoms with Gasteiger partial charge in [0.2, 0.25) is 5.65 Å². The summed E-state index contributed by atoms with van der Waals surface area (Å²) in [4.78, 5) is 22.7. The van der Waals surface area contributed by atoms with Gasteiger partial charge in [-0.25, -0.2) is 14.8 Å². The van der Waals surface area contributed by atoms with Crippen LogP contribution in [0.2, 0.25) is 5.15 Å². The number of fused-ring (bicyclic) bond motifs is 1.